The molecule has 0 saturated carbocycles. The Hall–Kier alpha value is -2.73. The topological polar surface area (TPSA) is 62.3 Å². The largest absolute Gasteiger partial charge is 0.330 e. The number of anilines is 1. The Kier molecular flexibility index (Phi) is 5.13. The van der Waals surface area contributed by atoms with Gasteiger partial charge in [-0.25, -0.2) is 4.98 Å². The lowest BCUT2D eigenvalue weighted by Gasteiger charge is -2.29. The minimum Gasteiger partial charge on any atom is -0.330 e. The van der Waals surface area contributed by atoms with Gasteiger partial charge in [-0.2, -0.15) is 0 Å². The highest BCUT2D eigenvalue weighted by molar-refractivity contribution is 7.21. The Labute approximate surface area is 168 Å². The third-order valence-corrected chi connectivity index (χ3v) is 6.12. The first kappa shape index (κ1) is 18.6. The van der Waals surface area contributed by atoms with Crippen molar-refractivity contribution in [3.63, 3.8) is 0 Å². The number of nitrogens with one attached hydrogen (secondary N) is 1. The van der Waals surface area contributed by atoms with Crippen molar-refractivity contribution in [3.05, 3.63) is 48.5 Å². The summed E-state index contributed by atoms with van der Waals surface area (Å²) in [4.78, 5) is 31.3. The van der Waals surface area contributed by atoms with Crippen molar-refractivity contribution >= 4 is 39.1 Å². The first-order chi connectivity index (χ1) is 13.5. The molecule has 144 valence electrons. The summed E-state index contributed by atoms with van der Waals surface area (Å²) in [6.45, 7) is 4.61. The zero-order valence-corrected chi connectivity index (χ0v) is 16.8. The molecule has 1 aliphatic heterocycles. The highest BCUT2D eigenvalue weighted by atomic mass is 32.1. The zero-order valence-electron chi connectivity index (χ0n) is 16.0. The molecule has 3 aromatic rings. The van der Waals surface area contributed by atoms with Crippen LogP contribution < -0.4 is 5.32 Å². The van der Waals surface area contributed by atoms with Gasteiger partial charge in [0, 0.05) is 24.2 Å². The smallest absolute Gasteiger partial charge is 0.247 e. The predicted molar refractivity (Wildman–Crippen MR) is 113 cm³/mol. The van der Waals surface area contributed by atoms with Crippen molar-refractivity contribution in [2.75, 3.05) is 11.9 Å². The highest BCUT2D eigenvalue weighted by Crippen LogP contribution is 2.30. The van der Waals surface area contributed by atoms with Gasteiger partial charge in [0.25, 0.3) is 0 Å². The number of aromatic nitrogens is 1. The molecule has 1 aromatic heterocycles. The number of carbonyl (C=O) groups excluding carboxylic acids is 2. The number of benzene rings is 2. The molecule has 1 unspecified atom stereocenters. The maximum absolute atomic E-state index is 12.8. The van der Waals surface area contributed by atoms with E-state index in [4.69, 9.17) is 0 Å². The summed E-state index contributed by atoms with van der Waals surface area (Å²) in [5, 5.41) is 3.94. The number of amides is 2. The summed E-state index contributed by atoms with van der Waals surface area (Å²) in [5.41, 5.74) is 2.75. The number of thiazole rings is 1. The fourth-order valence-corrected chi connectivity index (χ4v) is 4.65. The zero-order chi connectivity index (χ0) is 19.7. The van der Waals surface area contributed by atoms with Crippen molar-refractivity contribution in [2.45, 2.75) is 32.7 Å². The summed E-state index contributed by atoms with van der Waals surface area (Å²) in [6.07, 6.45) is 1.36. The normalized spacial score (nSPS) is 15.4. The van der Waals surface area contributed by atoms with E-state index in [0.29, 0.717) is 13.0 Å². The van der Waals surface area contributed by atoms with Crippen molar-refractivity contribution in [2.24, 2.45) is 5.92 Å². The van der Waals surface area contributed by atoms with Gasteiger partial charge in [-0.15, -0.1) is 11.3 Å². The molecule has 1 aliphatic rings. The Morgan fingerprint density at radius 3 is 2.54 bits per heavy atom. The Morgan fingerprint density at radius 1 is 1.14 bits per heavy atom. The summed E-state index contributed by atoms with van der Waals surface area (Å²) >= 11 is 1.65. The molecule has 2 aromatic carbocycles. The lowest BCUT2D eigenvalue weighted by atomic mass is 10.0. The van der Waals surface area contributed by atoms with Crippen LogP contribution >= 0.6 is 11.3 Å². The van der Waals surface area contributed by atoms with Gasteiger partial charge < -0.3 is 10.2 Å². The van der Waals surface area contributed by atoms with Gasteiger partial charge in [-0.1, -0.05) is 26.0 Å². The average molecular weight is 394 g/mol. The standard InChI is InChI=1S/C22H23N3O2S/c1-14(2)20(25-13-5-8-19(25)26)21(27)23-16-11-9-15(10-12-16)22-24-17-6-3-4-7-18(17)28-22/h3-4,6-7,9-12,14,20H,5,8,13H2,1-2H3,(H,23,27). The molecule has 28 heavy (non-hydrogen) atoms. The molecule has 1 saturated heterocycles. The van der Waals surface area contributed by atoms with E-state index >= 15 is 0 Å². The quantitative estimate of drug-likeness (QED) is 0.692. The first-order valence-corrected chi connectivity index (χ1v) is 10.4. The van der Waals surface area contributed by atoms with E-state index in [1.54, 1.807) is 16.2 Å². The van der Waals surface area contributed by atoms with Gasteiger partial charge >= 0.3 is 0 Å². The number of fused-ring (bicyclic) bond motifs is 1. The fraction of sp³-hybridized carbons (Fsp3) is 0.318. The fourth-order valence-electron chi connectivity index (χ4n) is 3.68. The molecule has 0 spiro atoms. The number of likely N-dealkylation sites (tertiary alicyclic amines) is 1. The SMILES string of the molecule is CC(C)C(C(=O)Nc1ccc(-c2nc3ccccc3s2)cc1)N1CCCC1=O. The van der Waals surface area contributed by atoms with Gasteiger partial charge in [0.05, 0.1) is 10.2 Å². The minimum atomic E-state index is -0.432. The third-order valence-electron chi connectivity index (χ3n) is 5.04. The molecular formula is C22H23N3O2S. The lowest BCUT2D eigenvalue weighted by molar-refractivity contribution is -0.136. The summed E-state index contributed by atoms with van der Waals surface area (Å²) < 4.78 is 1.16. The van der Waals surface area contributed by atoms with Crippen LogP contribution in [0.1, 0.15) is 26.7 Å². The average Bonchev–Trinajstić information content (AvgIpc) is 3.29. The molecule has 0 aliphatic carbocycles. The Morgan fingerprint density at radius 2 is 1.89 bits per heavy atom. The summed E-state index contributed by atoms with van der Waals surface area (Å²) in [5.74, 6) is 0.00194. The van der Waals surface area contributed by atoms with E-state index in [1.807, 2.05) is 56.3 Å². The van der Waals surface area contributed by atoms with Crippen molar-refractivity contribution in [1.29, 1.82) is 0 Å². The molecule has 5 nitrogen and oxygen atoms in total. The second-order valence-electron chi connectivity index (χ2n) is 7.43. The third kappa shape index (κ3) is 3.64. The lowest BCUT2D eigenvalue weighted by Crippen LogP contribution is -2.47. The first-order valence-electron chi connectivity index (χ1n) is 9.59. The van der Waals surface area contributed by atoms with Gasteiger partial charge in [0.15, 0.2) is 0 Å². The monoisotopic (exact) mass is 393 g/mol. The molecule has 0 radical (unpaired) electrons. The number of carbonyl (C=O) groups is 2. The molecule has 1 atom stereocenters. The van der Waals surface area contributed by atoms with Crippen LogP contribution in [0.15, 0.2) is 48.5 Å². The molecule has 4 rings (SSSR count). The highest BCUT2D eigenvalue weighted by Gasteiger charge is 2.34. The minimum absolute atomic E-state index is 0.0593. The summed E-state index contributed by atoms with van der Waals surface area (Å²) in [6, 6.07) is 15.4. The van der Waals surface area contributed by atoms with Crippen LogP contribution in [0.2, 0.25) is 0 Å². The molecule has 0 bridgehead atoms. The maximum atomic E-state index is 12.8. The van der Waals surface area contributed by atoms with E-state index in [0.717, 1.165) is 32.9 Å². The molecular weight excluding hydrogens is 370 g/mol. The van der Waals surface area contributed by atoms with E-state index in [9.17, 15) is 9.59 Å². The van der Waals surface area contributed by atoms with Crippen LogP contribution in [0.3, 0.4) is 0 Å². The van der Waals surface area contributed by atoms with Gasteiger partial charge in [0.1, 0.15) is 11.0 Å². The van der Waals surface area contributed by atoms with Crippen LogP contribution in [0, 0.1) is 5.92 Å². The van der Waals surface area contributed by atoms with E-state index < -0.39 is 6.04 Å². The second-order valence-corrected chi connectivity index (χ2v) is 8.46. The van der Waals surface area contributed by atoms with Crippen molar-refractivity contribution in [1.82, 2.24) is 9.88 Å². The van der Waals surface area contributed by atoms with E-state index in [-0.39, 0.29) is 17.7 Å². The van der Waals surface area contributed by atoms with Crippen LogP contribution in [0.25, 0.3) is 20.8 Å². The van der Waals surface area contributed by atoms with E-state index in [1.165, 1.54) is 0 Å². The second kappa shape index (κ2) is 7.72. The number of para-hydroxylation sites is 1. The number of rotatable bonds is 5. The van der Waals surface area contributed by atoms with Gasteiger partial charge in [-0.3, -0.25) is 9.59 Å². The number of nitrogens with zero attached hydrogens (tertiary/aromatic N) is 2. The van der Waals surface area contributed by atoms with Crippen LogP contribution in [0.5, 0.6) is 0 Å². The number of hydrogen-bond donors (Lipinski definition) is 1. The van der Waals surface area contributed by atoms with Crippen LogP contribution in [-0.2, 0) is 9.59 Å². The summed E-state index contributed by atoms with van der Waals surface area (Å²) in [7, 11) is 0. The van der Waals surface area contributed by atoms with Gasteiger partial charge in [-0.05, 0) is 48.7 Å². The molecule has 2 amide bonds. The van der Waals surface area contributed by atoms with Crippen molar-refractivity contribution < 1.29 is 9.59 Å². The van der Waals surface area contributed by atoms with E-state index in [2.05, 4.69) is 16.4 Å². The molecule has 2 heterocycles. The maximum Gasteiger partial charge on any atom is 0.247 e. The van der Waals surface area contributed by atoms with Gasteiger partial charge in [0.2, 0.25) is 11.8 Å². The molecule has 1 N–H and O–H groups in total. The van der Waals surface area contributed by atoms with Crippen LogP contribution in [-0.4, -0.2) is 34.3 Å². The molecule has 1 fully saturated rings. The Balaban J connectivity index is 1.50. The Bertz CT molecular complexity index is 977. The van der Waals surface area contributed by atoms with Crippen molar-refractivity contribution in [3.8, 4) is 10.6 Å². The predicted octanol–water partition coefficient (Wildman–Crippen LogP) is 4.55. The number of hydrogen-bond acceptors (Lipinski definition) is 4. The molecule has 6 heteroatoms. The van der Waals surface area contributed by atoms with Crippen LogP contribution in [0.4, 0.5) is 5.69 Å².